The molecule has 0 spiro atoms. The first-order valence-corrected chi connectivity index (χ1v) is 4.31. The molecule has 3 nitrogen and oxygen atoms in total. The standard InChI is InChI=1S/C11H8FNO2/c12-8-4-7(5-9(14)6-8)11-10(15)2-1-3-13-11/h1-6,14-15H. The number of benzene rings is 1. The van der Waals surface area contributed by atoms with Gasteiger partial charge in [0.2, 0.25) is 0 Å². The molecule has 0 aliphatic rings. The second kappa shape index (κ2) is 3.57. The fraction of sp³-hybridized carbons (Fsp3) is 0. The highest BCUT2D eigenvalue weighted by atomic mass is 19.1. The zero-order chi connectivity index (χ0) is 10.8. The molecule has 0 atom stereocenters. The summed E-state index contributed by atoms with van der Waals surface area (Å²) >= 11 is 0. The SMILES string of the molecule is Oc1cc(F)cc(-c2ncccc2O)c1. The van der Waals surface area contributed by atoms with Crippen LogP contribution in [0.15, 0.2) is 36.5 Å². The molecule has 2 N–H and O–H groups in total. The van der Waals surface area contributed by atoms with Crippen LogP contribution in [-0.2, 0) is 0 Å². The van der Waals surface area contributed by atoms with Gasteiger partial charge in [-0.3, -0.25) is 4.98 Å². The number of halogens is 1. The molecule has 1 heterocycles. The molecular formula is C11H8FNO2. The van der Waals surface area contributed by atoms with Crippen molar-refractivity contribution in [3.05, 3.63) is 42.3 Å². The van der Waals surface area contributed by atoms with E-state index in [1.807, 2.05) is 0 Å². The number of aromatic nitrogens is 1. The smallest absolute Gasteiger partial charge is 0.141 e. The number of nitrogens with zero attached hydrogens (tertiary/aromatic N) is 1. The molecule has 0 unspecified atom stereocenters. The molecule has 0 saturated heterocycles. The van der Waals surface area contributed by atoms with Crippen molar-refractivity contribution in [2.75, 3.05) is 0 Å². The fourth-order valence-electron chi connectivity index (χ4n) is 1.33. The fourth-order valence-corrected chi connectivity index (χ4v) is 1.33. The minimum atomic E-state index is -0.574. The van der Waals surface area contributed by atoms with Crippen LogP contribution in [0.3, 0.4) is 0 Å². The summed E-state index contributed by atoms with van der Waals surface area (Å²) in [5.74, 6) is -0.826. The summed E-state index contributed by atoms with van der Waals surface area (Å²) in [5.41, 5.74) is 0.581. The molecule has 2 aromatic rings. The second-order valence-electron chi connectivity index (χ2n) is 3.07. The lowest BCUT2D eigenvalue weighted by molar-refractivity contribution is 0.468. The predicted octanol–water partition coefficient (Wildman–Crippen LogP) is 2.30. The van der Waals surface area contributed by atoms with Crippen LogP contribution in [0, 0.1) is 5.82 Å². The monoisotopic (exact) mass is 205 g/mol. The van der Waals surface area contributed by atoms with Crippen LogP contribution in [0.2, 0.25) is 0 Å². The molecule has 0 aliphatic carbocycles. The van der Waals surface area contributed by atoms with Gasteiger partial charge in [0, 0.05) is 17.8 Å². The van der Waals surface area contributed by atoms with E-state index in [2.05, 4.69) is 4.98 Å². The lowest BCUT2D eigenvalue weighted by Crippen LogP contribution is -1.85. The number of hydrogen-bond acceptors (Lipinski definition) is 3. The summed E-state index contributed by atoms with van der Waals surface area (Å²) in [7, 11) is 0. The van der Waals surface area contributed by atoms with Gasteiger partial charge in [-0.25, -0.2) is 4.39 Å². The second-order valence-corrected chi connectivity index (χ2v) is 3.07. The van der Waals surface area contributed by atoms with Crippen molar-refractivity contribution in [2.45, 2.75) is 0 Å². The lowest BCUT2D eigenvalue weighted by Gasteiger charge is -2.03. The third-order valence-corrected chi connectivity index (χ3v) is 1.94. The van der Waals surface area contributed by atoms with Crippen LogP contribution in [0.5, 0.6) is 11.5 Å². The topological polar surface area (TPSA) is 53.4 Å². The molecular weight excluding hydrogens is 197 g/mol. The first-order chi connectivity index (χ1) is 7.16. The maximum atomic E-state index is 13.0. The van der Waals surface area contributed by atoms with Crippen molar-refractivity contribution in [3.8, 4) is 22.8 Å². The van der Waals surface area contributed by atoms with Gasteiger partial charge in [0.05, 0.1) is 0 Å². The molecule has 0 fully saturated rings. The summed E-state index contributed by atoms with van der Waals surface area (Å²) in [6.07, 6.45) is 1.48. The average molecular weight is 205 g/mol. The largest absolute Gasteiger partial charge is 0.508 e. The maximum absolute atomic E-state index is 13.0. The highest BCUT2D eigenvalue weighted by Crippen LogP contribution is 2.29. The Morgan fingerprint density at radius 3 is 2.60 bits per heavy atom. The maximum Gasteiger partial charge on any atom is 0.141 e. The van der Waals surface area contributed by atoms with E-state index in [1.54, 1.807) is 6.07 Å². The van der Waals surface area contributed by atoms with E-state index in [0.29, 0.717) is 5.56 Å². The molecule has 2 rings (SSSR count). The molecule has 76 valence electrons. The van der Waals surface area contributed by atoms with Crippen LogP contribution < -0.4 is 0 Å². The van der Waals surface area contributed by atoms with E-state index < -0.39 is 5.82 Å². The van der Waals surface area contributed by atoms with E-state index >= 15 is 0 Å². The van der Waals surface area contributed by atoms with Gasteiger partial charge in [-0.15, -0.1) is 0 Å². The Labute approximate surface area is 85.5 Å². The summed E-state index contributed by atoms with van der Waals surface area (Å²) in [5, 5.41) is 18.7. The zero-order valence-electron chi connectivity index (χ0n) is 7.68. The third kappa shape index (κ3) is 1.88. The van der Waals surface area contributed by atoms with E-state index in [0.717, 1.165) is 6.07 Å². The van der Waals surface area contributed by atoms with Crippen LogP contribution >= 0.6 is 0 Å². The zero-order valence-corrected chi connectivity index (χ0v) is 7.68. The van der Waals surface area contributed by atoms with E-state index in [-0.39, 0.29) is 17.2 Å². The normalized spacial score (nSPS) is 10.2. The first-order valence-electron chi connectivity index (χ1n) is 4.31. The van der Waals surface area contributed by atoms with Crippen LogP contribution in [0.4, 0.5) is 4.39 Å². The van der Waals surface area contributed by atoms with Crippen LogP contribution in [-0.4, -0.2) is 15.2 Å². The number of hydrogen-bond donors (Lipinski definition) is 2. The molecule has 0 amide bonds. The van der Waals surface area contributed by atoms with Gasteiger partial charge in [-0.2, -0.15) is 0 Å². The van der Waals surface area contributed by atoms with E-state index in [1.165, 1.54) is 24.4 Å². The Kier molecular flexibility index (Phi) is 2.25. The van der Waals surface area contributed by atoms with Gasteiger partial charge < -0.3 is 10.2 Å². The van der Waals surface area contributed by atoms with Gasteiger partial charge >= 0.3 is 0 Å². The number of aromatic hydroxyl groups is 2. The van der Waals surface area contributed by atoms with Crippen molar-refractivity contribution in [1.82, 2.24) is 4.98 Å². The number of rotatable bonds is 1. The Hall–Kier alpha value is -2.10. The van der Waals surface area contributed by atoms with Gasteiger partial charge in [-0.1, -0.05) is 0 Å². The summed E-state index contributed by atoms with van der Waals surface area (Å²) in [6.45, 7) is 0. The molecule has 1 aromatic carbocycles. The van der Waals surface area contributed by atoms with Crippen LogP contribution in [0.25, 0.3) is 11.3 Å². The highest BCUT2D eigenvalue weighted by molar-refractivity contribution is 5.66. The average Bonchev–Trinajstić information content (AvgIpc) is 2.16. The van der Waals surface area contributed by atoms with Crippen molar-refractivity contribution >= 4 is 0 Å². The summed E-state index contributed by atoms with van der Waals surface area (Å²) in [6, 6.07) is 6.54. The third-order valence-electron chi connectivity index (χ3n) is 1.94. The van der Waals surface area contributed by atoms with Gasteiger partial charge in [0.15, 0.2) is 0 Å². The molecule has 15 heavy (non-hydrogen) atoms. The summed E-state index contributed by atoms with van der Waals surface area (Å²) in [4.78, 5) is 3.90. The first kappa shape index (κ1) is 9.45. The summed E-state index contributed by atoms with van der Waals surface area (Å²) < 4.78 is 13.0. The van der Waals surface area contributed by atoms with Crippen LogP contribution in [0.1, 0.15) is 0 Å². The molecule has 0 saturated carbocycles. The highest BCUT2D eigenvalue weighted by Gasteiger charge is 2.07. The minimum Gasteiger partial charge on any atom is -0.508 e. The Balaban J connectivity index is 2.59. The minimum absolute atomic E-state index is 0.0532. The quantitative estimate of drug-likeness (QED) is 0.751. The van der Waals surface area contributed by atoms with Crippen molar-refractivity contribution < 1.29 is 14.6 Å². The molecule has 0 bridgehead atoms. The number of phenolic OH excluding ortho intramolecular Hbond substituents is 1. The molecule has 0 radical (unpaired) electrons. The number of phenols is 1. The van der Waals surface area contributed by atoms with Crippen molar-refractivity contribution in [1.29, 1.82) is 0 Å². The lowest BCUT2D eigenvalue weighted by atomic mass is 10.1. The van der Waals surface area contributed by atoms with Gasteiger partial charge in [0.1, 0.15) is 23.0 Å². The van der Waals surface area contributed by atoms with Gasteiger partial charge in [-0.05, 0) is 24.3 Å². The van der Waals surface area contributed by atoms with Crippen molar-refractivity contribution in [3.63, 3.8) is 0 Å². The van der Waals surface area contributed by atoms with E-state index in [9.17, 15) is 14.6 Å². The Morgan fingerprint density at radius 2 is 1.93 bits per heavy atom. The Bertz CT molecular complexity index is 479. The van der Waals surface area contributed by atoms with E-state index in [4.69, 9.17) is 0 Å². The molecule has 0 aliphatic heterocycles. The number of pyridine rings is 1. The van der Waals surface area contributed by atoms with Gasteiger partial charge in [0.25, 0.3) is 0 Å². The Morgan fingerprint density at radius 1 is 1.13 bits per heavy atom. The molecule has 1 aromatic heterocycles. The molecule has 4 heteroatoms. The van der Waals surface area contributed by atoms with Crippen molar-refractivity contribution in [2.24, 2.45) is 0 Å². The predicted molar refractivity (Wildman–Crippen MR) is 53.0 cm³/mol.